The number of nitrogens with one attached hydrogen (secondary N) is 2. The number of hydrogen-bond donors (Lipinski definition) is 2. The lowest BCUT2D eigenvalue weighted by Crippen LogP contribution is -2.33. The van der Waals surface area contributed by atoms with Crippen molar-refractivity contribution < 1.29 is 9.53 Å². The normalized spacial score (nSPS) is 11.4. The molecule has 0 aliphatic heterocycles. The second kappa shape index (κ2) is 9.40. The number of rotatable bonds is 9. The highest BCUT2D eigenvalue weighted by atomic mass is 16.5. The van der Waals surface area contributed by atoms with Crippen molar-refractivity contribution >= 4 is 11.6 Å². The van der Waals surface area contributed by atoms with Gasteiger partial charge in [0.2, 0.25) is 5.91 Å². The third-order valence-electron chi connectivity index (χ3n) is 3.60. The zero-order valence-electron chi connectivity index (χ0n) is 14.0. The van der Waals surface area contributed by atoms with Gasteiger partial charge >= 0.3 is 0 Å². The molecule has 0 bridgehead atoms. The summed E-state index contributed by atoms with van der Waals surface area (Å²) in [6.07, 6.45) is 2.54. The van der Waals surface area contributed by atoms with Crippen LogP contribution in [0, 0.1) is 0 Å². The van der Waals surface area contributed by atoms with E-state index in [4.69, 9.17) is 4.74 Å². The van der Waals surface area contributed by atoms with E-state index in [0.717, 1.165) is 23.4 Å². The molecule has 0 saturated carbocycles. The lowest BCUT2D eigenvalue weighted by atomic mass is 10.0. The topological polar surface area (TPSA) is 50.4 Å². The SMILES string of the molecule is C=CCOc1cccc(NCC(=O)NC(CC)c2ccccc2)c1. The molecule has 0 aromatic heterocycles. The van der Waals surface area contributed by atoms with Gasteiger partial charge in [-0.1, -0.05) is 56.0 Å². The fourth-order valence-electron chi connectivity index (χ4n) is 2.39. The minimum absolute atomic E-state index is 0.0303. The summed E-state index contributed by atoms with van der Waals surface area (Å²) in [4.78, 5) is 12.2. The average molecular weight is 324 g/mol. The molecule has 1 unspecified atom stereocenters. The van der Waals surface area contributed by atoms with Crippen LogP contribution in [0.25, 0.3) is 0 Å². The van der Waals surface area contributed by atoms with Crippen LogP contribution in [-0.4, -0.2) is 19.1 Å². The van der Waals surface area contributed by atoms with Crippen LogP contribution < -0.4 is 15.4 Å². The van der Waals surface area contributed by atoms with E-state index < -0.39 is 0 Å². The average Bonchev–Trinajstić information content (AvgIpc) is 2.64. The summed E-state index contributed by atoms with van der Waals surface area (Å²) in [6, 6.07) is 17.6. The summed E-state index contributed by atoms with van der Waals surface area (Å²) in [5.74, 6) is 0.708. The van der Waals surface area contributed by atoms with Gasteiger partial charge < -0.3 is 15.4 Å². The summed E-state index contributed by atoms with van der Waals surface area (Å²) in [5.41, 5.74) is 1.97. The molecule has 0 radical (unpaired) electrons. The maximum atomic E-state index is 12.2. The molecule has 0 heterocycles. The van der Waals surface area contributed by atoms with Gasteiger partial charge in [-0.05, 0) is 24.1 Å². The number of amides is 1. The predicted molar refractivity (Wildman–Crippen MR) is 98.2 cm³/mol. The molecule has 0 saturated heterocycles. The Morgan fingerprint density at radius 1 is 1.21 bits per heavy atom. The molecular formula is C20H24N2O2. The van der Waals surface area contributed by atoms with Crippen molar-refractivity contribution in [2.75, 3.05) is 18.5 Å². The second-order valence-electron chi connectivity index (χ2n) is 5.42. The van der Waals surface area contributed by atoms with Crippen molar-refractivity contribution in [3.05, 3.63) is 72.8 Å². The van der Waals surface area contributed by atoms with E-state index in [2.05, 4.69) is 24.1 Å². The van der Waals surface area contributed by atoms with Gasteiger partial charge in [-0.15, -0.1) is 0 Å². The molecule has 4 heteroatoms. The number of ether oxygens (including phenoxy) is 1. The third kappa shape index (κ3) is 5.47. The highest BCUT2D eigenvalue weighted by Crippen LogP contribution is 2.18. The summed E-state index contributed by atoms with van der Waals surface area (Å²) >= 11 is 0. The highest BCUT2D eigenvalue weighted by Gasteiger charge is 2.12. The fourth-order valence-corrected chi connectivity index (χ4v) is 2.39. The molecule has 2 N–H and O–H groups in total. The van der Waals surface area contributed by atoms with Crippen LogP contribution in [-0.2, 0) is 4.79 Å². The van der Waals surface area contributed by atoms with E-state index in [1.165, 1.54) is 0 Å². The Morgan fingerprint density at radius 3 is 2.71 bits per heavy atom. The monoisotopic (exact) mass is 324 g/mol. The van der Waals surface area contributed by atoms with Crippen LogP contribution in [0.15, 0.2) is 67.3 Å². The molecule has 1 atom stereocenters. The first kappa shape index (κ1) is 17.6. The highest BCUT2D eigenvalue weighted by molar-refractivity contribution is 5.81. The Hall–Kier alpha value is -2.75. The van der Waals surface area contributed by atoms with Crippen molar-refractivity contribution in [2.45, 2.75) is 19.4 Å². The van der Waals surface area contributed by atoms with E-state index in [-0.39, 0.29) is 18.5 Å². The molecule has 24 heavy (non-hydrogen) atoms. The number of anilines is 1. The van der Waals surface area contributed by atoms with E-state index >= 15 is 0 Å². The summed E-state index contributed by atoms with van der Waals surface area (Å²) < 4.78 is 5.48. The van der Waals surface area contributed by atoms with Gasteiger partial charge in [0.25, 0.3) is 0 Å². The van der Waals surface area contributed by atoms with Crippen LogP contribution in [0.1, 0.15) is 24.9 Å². The number of carbonyl (C=O) groups is 1. The molecule has 0 spiro atoms. The minimum Gasteiger partial charge on any atom is -0.489 e. The first-order valence-corrected chi connectivity index (χ1v) is 8.15. The Kier molecular flexibility index (Phi) is 6.90. The van der Waals surface area contributed by atoms with E-state index in [1.54, 1.807) is 6.08 Å². The summed E-state index contributed by atoms with van der Waals surface area (Å²) in [7, 11) is 0. The standard InChI is InChI=1S/C20H24N2O2/c1-3-13-24-18-12-8-11-17(14-18)21-15-20(23)22-19(4-2)16-9-6-5-7-10-16/h3,5-12,14,19,21H,1,4,13,15H2,2H3,(H,22,23). The van der Waals surface area contributed by atoms with Gasteiger partial charge in [0, 0.05) is 11.8 Å². The molecule has 2 aromatic rings. The van der Waals surface area contributed by atoms with Gasteiger partial charge in [0.1, 0.15) is 12.4 Å². The second-order valence-corrected chi connectivity index (χ2v) is 5.42. The van der Waals surface area contributed by atoms with Crippen molar-refractivity contribution in [2.24, 2.45) is 0 Å². The summed E-state index contributed by atoms with van der Waals surface area (Å²) in [5, 5.41) is 6.18. The maximum Gasteiger partial charge on any atom is 0.239 e. The number of hydrogen-bond acceptors (Lipinski definition) is 3. The molecule has 1 amide bonds. The number of carbonyl (C=O) groups excluding carboxylic acids is 1. The zero-order chi connectivity index (χ0) is 17.2. The fraction of sp³-hybridized carbons (Fsp3) is 0.250. The van der Waals surface area contributed by atoms with Crippen molar-refractivity contribution in [3.63, 3.8) is 0 Å². The van der Waals surface area contributed by atoms with Crippen molar-refractivity contribution in [1.29, 1.82) is 0 Å². The van der Waals surface area contributed by atoms with Crippen LogP contribution in [0.4, 0.5) is 5.69 Å². The van der Waals surface area contributed by atoms with Gasteiger partial charge in [-0.25, -0.2) is 0 Å². The minimum atomic E-state index is -0.0388. The predicted octanol–water partition coefficient (Wildman–Crippen LogP) is 3.93. The molecule has 126 valence electrons. The Bertz CT molecular complexity index is 656. The Labute approximate surface area is 143 Å². The Morgan fingerprint density at radius 2 is 2.00 bits per heavy atom. The van der Waals surface area contributed by atoms with Crippen LogP contribution in [0.5, 0.6) is 5.75 Å². The smallest absolute Gasteiger partial charge is 0.239 e. The van der Waals surface area contributed by atoms with Gasteiger partial charge in [-0.3, -0.25) is 4.79 Å². The van der Waals surface area contributed by atoms with Gasteiger partial charge in [0.15, 0.2) is 0 Å². The van der Waals surface area contributed by atoms with Crippen LogP contribution >= 0.6 is 0 Å². The van der Waals surface area contributed by atoms with Crippen molar-refractivity contribution in [1.82, 2.24) is 5.32 Å². The third-order valence-corrected chi connectivity index (χ3v) is 3.60. The molecule has 2 aromatic carbocycles. The zero-order valence-corrected chi connectivity index (χ0v) is 14.0. The van der Waals surface area contributed by atoms with Crippen LogP contribution in [0.3, 0.4) is 0 Å². The van der Waals surface area contributed by atoms with Gasteiger partial charge in [0.05, 0.1) is 12.6 Å². The molecular weight excluding hydrogens is 300 g/mol. The van der Waals surface area contributed by atoms with E-state index in [0.29, 0.717) is 6.61 Å². The van der Waals surface area contributed by atoms with Crippen molar-refractivity contribution in [3.8, 4) is 5.75 Å². The molecule has 0 fully saturated rings. The number of benzene rings is 2. The molecule has 2 rings (SSSR count). The quantitative estimate of drug-likeness (QED) is 0.687. The van der Waals surface area contributed by atoms with Gasteiger partial charge in [-0.2, -0.15) is 0 Å². The Balaban J connectivity index is 1.87. The maximum absolute atomic E-state index is 12.2. The largest absolute Gasteiger partial charge is 0.489 e. The first-order chi connectivity index (χ1) is 11.7. The summed E-state index contributed by atoms with van der Waals surface area (Å²) in [6.45, 7) is 6.36. The van der Waals surface area contributed by atoms with E-state index in [1.807, 2.05) is 54.6 Å². The lowest BCUT2D eigenvalue weighted by Gasteiger charge is -2.18. The van der Waals surface area contributed by atoms with E-state index in [9.17, 15) is 4.79 Å². The molecule has 4 nitrogen and oxygen atoms in total. The molecule has 0 aliphatic rings. The first-order valence-electron chi connectivity index (χ1n) is 8.15. The lowest BCUT2D eigenvalue weighted by molar-refractivity contribution is -0.120. The molecule has 0 aliphatic carbocycles. The van der Waals surface area contributed by atoms with Crippen LogP contribution in [0.2, 0.25) is 0 Å².